The van der Waals surface area contributed by atoms with Gasteiger partial charge < -0.3 is 9.26 Å². The first kappa shape index (κ1) is 14.5. The third kappa shape index (κ3) is 3.99. The normalized spacial score (nSPS) is 25.2. The highest BCUT2D eigenvalue weighted by molar-refractivity contribution is 6.69. The van der Waals surface area contributed by atoms with Crippen LogP contribution in [0.15, 0.2) is 5.16 Å². The third-order valence-electron chi connectivity index (χ3n) is 2.31. The summed E-state index contributed by atoms with van der Waals surface area (Å²) in [4.78, 5) is 4.89. The highest BCUT2D eigenvalue weighted by Crippen LogP contribution is 2.38. The van der Waals surface area contributed by atoms with Crippen LogP contribution < -0.4 is 0 Å². The number of nitrogens with zero attached hydrogens (tertiary/aromatic N) is 1. The SMILES string of the molecule is CC1(C)CC(C(F)(F)F)=NOC1O[Si](C)(C)C. The van der Waals surface area contributed by atoms with Gasteiger partial charge in [-0.2, -0.15) is 13.2 Å². The van der Waals surface area contributed by atoms with E-state index >= 15 is 0 Å². The van der Waals surface area contributed by atoms with Crippen molar-refractivity contribution in [1.29, 1.82) is 0 Å². The summed E-state index contributed by atoms with van der Waals surface area (Å²) in [6.07, 6.45) is -5.33. The molecule has 3 nitrogen and oxygen atoms in total. The van der Waals surface area contributed by atoms with E-state index in [-0.39, 0.29) is 6.42 Å². The van der Waals surface area contributed by atoms with Crippen molar-refractivity contribution < 1.29 is 22.4 Å². The van der Waals surface area contributed by atoms with Gasteiger partial charge in [0, 0.05) is 11.8 Å². The maximum atomic E-state index is 12.5. The highest BCUT2D eigenvalue weighted by Gasteiger charge is 2.47. The summed E-state index contributed by atoms with van der Waals surface area (Å²) < 4.78 is 43.2. The van der Waals surface area contributed by atoms with Gasteiger partial charge >= 0.3 is 6.18 Å². The number of alkyl halides is 3. The van der Waals surface area contributed by atoms with Crippen molar-refractivity contribution in [2.45, 2.75) is 52.4 Å². The van der Waals surface area contributed by atoms with Gasteiger partial charge in [-0.1, -0.05) is 19.0 Å². The topological polar surface area (TPSA) is 30.8 Å². The molecule has 7 heteroatoms. The molecule has 0 amide bonds. The Morgan fingerprint density at radius 3 is 2.24 bits per heavy atom. The van der Waals surface area contributed by atoms with Crippen molar-refractivity contribution in [2.75, 3.05) is 0 Å². The molecule has 1 atom stereocenters. The van der Waals surface area contributed by atoms with Gasteiger partial charge in [-0.15, -0.1) is 0 Å². The van der Waals surface area contributed by atoms with Crippen molar-refractivity contribution in [3.8, 4) is 0 Å². The van der Waals surface area contributed by atoms with E-state index in [9.17, 15) is 13.2 Å². The fraction of sp³-hybridized carbons (Fsp3) is 0.900. The molecule has 0 saturated heterocycles. The molecular formula is C10H18F3NO2Si. The van der Waals surface area contributed by atoms with Gasteiger partial charge in [0.25, 0.3) is 0 Å². The molecule has 0 saturated carbocycles. The van der Waals surface area contributed by atoms with Crippen molar-refractivity contribution in [3.63, 3.8) is 0 Å². The van der Waals surface area contributed by atoms with Crippen LogP contribution >= 0.6 is 0 Å². The molecule has 0 aliphatic carbocycles. The van der Waals surface area contributed by atoms with E-state index < -0.39 is 31.9 Å². The van der Waals surface area contributed by atoms with E-state index in [0.29, 0.717) is 0 Å². The molecule has 0 spiro atoms. The van der Waals surface area contributed by atoms with E-state index in [0.717, 1.165) is 0 Å². The average molecular weight is 269 g/mol. The van der Waals surface area contributed by atoms with Gasteiger partial charge in [0.05, 0.1) is 0 Å². The van der Waals surface area contributed by atoms with Gasteiger partial charge in [-0.05, 0) is 19.6 Å². The minimum atomic E-state index is -4.43. The minimum Gasteiger partial charge on any atom is -0.382 e. The van der Waals surface area contributed by atoms with Crippen LogP contribution in [0.3, 0.4) is 0 Å². The van der Waals surface area contributed by atoms with E-state index in [4.69, 9.17) is 9.26 Å². The van der Waals surface area contributed by atoms with Crippen LogP contribution in [-0.4, -0.2) is 26.5 Å². The van der Waals surface area contributed by atoms with E-state index in [2.05, 4.69) is 5.16 Å². The Morgan fingerprint density at radius 2 is 1.88 bits per heavy atom. The lowest BCUT2D eigenvalue weighted by molar-refractivity contribution is -0.168. The highest BCUT2D eigenvalue weighted by atomic mass is 28.4. The molecule has 100 valence electrons. The average Bonchev–Trinajstić information content (AvgIpc) is 2.04. The van der Waals surface area contributed by atoms with E-state index in [1.165, 1.54) is 0 Å². The summed E-state index contributed by atoms with van der Waals surface area (Å²) in [5.41, 5.74) is -1.61. The Hall–Kier alpha value is -0.563. The Morgan fingerprint density at radius 1 is 1.35 bits per heavy atom. The monoisotopic (exact) mass is 269 g/mol. The predicted octanol–water partition coefficient (Wildman–Crippen LogP) is 3.53. The Balaban J connectivity index is 2.84. The summed E-state index contributed by atoms with van der Waals surface area (Å²) in [6, 6.07) is 0. The molecule has 1 aliphatic heterocycles. The molecule has 0 aromatic heterocycles. The molecule has 0 aromatic rings. The molecule has 0 N–H and O–H groups in total. The fourth-order valence-corrected chi connectivity index (χ4v) is 2.46. The summed E-state index contributed by atoms with van der Waals surface area (Å²) in [5, 5.41) is 3.15. The fourth-order valence-electron chi connectivity index (χ4n) is 1.46. The summed E-state index contributed by atoms with van der Waals surface area (Å²) in [6.45, 7) is 9.25. The molecule has 0 fully saturated rings. The molecule has 0 aromatic carbocycles. The molecule has 17 heavy (non-hydrogen) atoms. The Labute approximate surface area is 100 Å². The van der Waals surface area contributed by atoms with E-state index in [1.807, 2.05) is 19.6 Å². The van der Waals surface area contributed by atoms with Crippen LogP contribution in [0.2, 0.25) is 19.6 Å². The largest absolute Gasteiger partial charge is 0.432 e. The molecule has 0 bridgehead atoms. The smallest absolute Gasteiger partial charge is 0.382 e. The van der Waals surface area contributed by atoms with Gasteiger partial charge in [0.15, 0.2) is 14.0 Å². The minimum absolute atomic E-state index is 0.189. The van der Waals surface area contributed by atoms with Crippen LogP contribution in [0.4, 0.5) is 13.2 Å². The van der Waals surface area contributed by atoms with Crippen molar-refractivity contribution in [3.05, 3.63) is 0 Å². The quantitative estimate of drug-likeness (QED) is 0.718. The molecule has 1 heterocycles. The first-order valence-corrected chi connectivity index (χ1v) is 8.80. The summed E-state index contributed by atoms with van der Waals surface area (Å²) in [5.74, 6) is 0. The second kappa shape index (κ2) is 4.27. The third-order valence-corrected chi connectivity index (χ3v) is 3.23. The zero-order valence-corrected chi connectivity index (χ0v) is 11.7. The van der Waals surface area contributed by atoms with Crippen LogP contribution in [0.5, 0.6) is 0 Å². The zero-order valence-electron chi connectivity index (χ0n) is 10.7. The van der Waals surface area contributed by atoms with Crippen LogP contribution in [0.25, 0.3) is 0 Å². The Bertz CT molecular complexity index is 320. The predicted molar refractivity (Wildman–Crippen MR) is 61.2 cm³/mol. The number of rotatable bonds is 2. The summed E-state index contributed by atoms with van der Waals surface area (Å²) in [7, 11) is -1.88. The van der Waals surface area contributed by atoms with Crippen LogP contribution in [0, 0.1) is 5.41 Å². The first-order valence-electron chi connectivity index (χ1n) is 5.39. The lowest BCUT2D eigenvalue weighted by atomic mass is 9.85. The standard InChI is InChI=1S/C10H18F3NO2Si/c1-9(2)6-7(10(11,12)13)14-15-8(9)16-17(3,4)5/h8H,6H2,1-5H3. The Kier molecular flexibility index (Phi) is 3.64. The van der Waals surface area contributed by atoms with E-state index in [1.54, 1.807) is 13.8 Å². The number of halogens is 3. The number of oxime groups is 1. The maximum absolute atomic E-state index is 12.5. The van der Waals surface area contributed by atoms with Gasteiger partial charge in [-0.25, -0.2) is 0 Å². The van der Waals surface area contributed by atoms with Crippen molar-refractivity contribution >= 4 is 14.0 Å². The number of hydrogen-bond acceptors (Lipinski definition) is 3. The number of hydrogen-bond donors (Lipinski definition) is 0. The van der Waals surface area contributed by atoms with Crippen LogP contribution in [-0.2, 0) is 9.26 Å². The second-order valence-corrected chi connectivity index (χ2v) is 10.3. The lowest BCUT2D eigenvalue weighted by Gasteiger charge is -2.39. The lowest BCUT2D eigenvalue weighted by Crippen LogP contribution is -2.47. The van der Waals surface area contributed by atoms with Crippen molar-refractivity contribution in [1.82, 2.24) is 0 Å². The van der Waals surface area contributed by atoms with Gasteiger partial charge in [0.1, 0.15) is 0 Å². The molecule has 0 radical (unpaired) electrons. The van der Waals surface area contributed by atoms with Crippen molar-refractivity contribution in [2.24, 2.45) is 10.6 Å². The zero-order chi connectivity index (χ0) is 13.5. The molecule has 1 rings (SSSR count). The molecular weight excluding hydrogens is 251 g/mol. The second-order valence-electron chi connectivity index (χ2n) is 5.87. The van der Waals surface area contributed by atoms with Crippen LogP contribution in [0.1, 0.15) is 20.3 Å². The molecule has 1 unspecified atom stereocenters. The maximum Gasteiger partial charge on any atom is 0.432 e. The summed E-state index contributed by atoms with van der Waals surface area (Å²) >= 11 is 0. The van der Waals surface area contributed by atoms with Gasteiger partial charge in [-0.3, -0.25) is 0 Å². The van der Waals surface area contributed by atoms with Gasteiger partial charge in [0.2, 0.25) is 6.29 Å². The first-order chi connectivity index (χ1) is 7.42. The molecule has 1 aliphatic rings.